The van der Waals surface area contributed by atoms with E-state index >= 15 is 0 Å². The number of likely N-dealkylation sites (N-methyl/N-ethyl adjacent to an activating group) is 2. The lowest BCUT2D eigenvalue weighted by Crippen LogP contribution is -2.40. The molecule has 0 bridgehead atoms. The van der Waals surface area contributed by atoms with Crippen LogP contribution in [0.4, 0.5) is 13.2 Å². The second-order valence-corrected chi connectivity index (χ2v) is 5.73. The molecule has 27 heavy (non-hydrogen) atoms. The van der Waals surface area contributed by atoms with Crippen LogP contribution >= 0.6 is 0 Å². The van der Waals surface area contributed by atoms with E-state index in [1.54, 1.807) is 20.8 Å². The first-order valence-electron chi connectivity index (χ1n) is 8.33. The smallest absolute Gasteiger partial charge is 0.355 e. The van der Waals surface area contributed by atoms with Crippen LogP contribution in [-0.4, -0.2) is 51.1 Å². The van der Waals surface area contributed by atoms with Gasteiger partial charge in [-0.25, -0.2) is 9.67 Å². The molecule has 2 heterocycles. The highest BCUT2D eigenvalue weighted by atomic mass is 19.4. The molecule has 2 aromatic heterocycles. The van der Waals surface area contributed by atoms with Crippen molar-refractivity contribution in [2.75, 3.05) is 19.6 Å². The van der Waals surface area contributed by atoms with Crippen molar-refractivity contribution in [1.29, 1.82) is 0 Å². The highest BCUT2D eigenvalue weighted by Gasteiger charge is 2.31. The maximum absolute atomic E-state index is 12.7. The third-order valence-electron chi connectivity index (χ3n) is 3.91. The molecule has 0 saturated heterocycles. The molecule has 146 valence electrons. The lowest BCUT2D eigenvalue weighted by Gasteiger charge is -2.20. The van der Waals surface area contributed by atoms with Gasteiger partial charge in [-0.2, -0.15) is 18.3 Å². The van der Waals surface area contributed by atoms with Crippen molar-refractivity contribution in [1.82, 2.24) is 25.0 Å². The number of nitrogens with one attached hydrogen (secondary N) is 1. The van der Waals surface area contributed by atoms with Gasteiger partial charge in [0.2, 0.25) is 5.91 Å². The fourth-order valence-corrected chi connectivity index (χ4v) is 2.45. The number of carbonyl (C=O) groups excluding carboxylic acids is 2. The van der Waals surface area contributed by atoms with Crippen molar-refractivity contribution in [2.24, 2.45) is 0 Å². The average molecular weight is 383 g/mol. The lowest BCUT2D eigenvalue weighted by atomic mass is 10.2. The predicted octanol–water partition coefficient (Wildman–Crippen LogP) is 2.19. The molecule has 0 aliphatic heterocycles. The van der Waals surface area contributed by atoms with Crippen molar-refractivity contribution in [3.8, 4) is 5.82 Å². The largest absolute Gasteiger partial charge is 0.417 e. The zero-order valence-electron chi connectivity index (χ0n) is 15.2. The fourth-order valence-electron chi connectivity index (χ4n) is 2.45. The number of carbonyl (C=O) groups is 2. The molecule has 0 fully saturated rings. The normalized spacial score (nSPS) is 11.3. The van der Waals surface area contributed by atoms with Gasteiger partial charge < -0.3 is 10.2 Å². The van der Waals surface area contributed by atoms with Crippen molar-refractivity contribution >= 4 is 11.8 Å². The molecule has 0 radical (unpaired) electrons. The Morgan fingerprint density at radius 2 is 1.93 bits per heavy atom. The first-order valence-corrected chi connectivity index (χ1v) is 8.33. The van der Waals surface area contributed by atoms with Crippen LogP contribution in [0.2, 0.25) is 0 Å². The lowest BCUT2D eigenvalue weighted by molar-refractivity contribution is -0.137. The van der Waals surface area contributed by atoms with E-state index in [9.17, 15) is 22.8 Å². The Morgan fingerprint density at radius 1 is 1.22 bits per heavy atom. The number of alkyl halides is 3. The maximum Gasteiger partial charge on any atom is 0.417 e. The molecule has 7 nitrogen and oxygen atoms in total. The number of amides is 2. The molecular formula is C17H20F3N5O2. The molecule has 0 aliphatic rings. The average Bonchev–Trinajstić information content (AvgIpc) is 3.00. The van der Waals surface area contributed by atoms with Crippen molar-refractivity contribution in [3.05, 3.63) is 41.3 Å². The van der Waals surface area contributed by atoms with E-state index in [0.29, 0.717) is 25.0 Å². The van der Waals surface area contributed by atoms with E-state index in [1.165, 1.54) is 21.8 Å². The SMILES string of the molecule is CCNC(=O)CN(CC)C(=O)c1cnn(-c2ccc(C(F)(F)F)cn2)c1C. The Balaban J connectivity index is 2.25. The minimum atomic E-state index is -4.48. The molecule has 2 amide bonds. The fraction of sp³-hybridized carbons (Fsp3) is 0.412. The van der Waals surface area contributed by atoms with Crippen LogP contribution in [0.5, 0.6) is 0 Å². The topological polar surface area (TPSA) is 80.1 Å². The van der Waals surface area contributed by atoms with Crippen LogP contribution in [0.3, 0.4) is 0 Å². The molecule has 0 atom stereocenters. The summed E-state index contributed by atoms with van der Waals surface area (Å²) in [6.07, 6.45) is -2.45. The van der Waals surface area contributed by atoms with Crippen LogP contribution < -0.4 is 5.32 Å². The van der Waals surface area contributed by atoms with Gasteiger partial charge in [0, 0.05) is 19.3 Å². The summed E-state index contributed by atoms with van der Waals surface area (Å²) in [7, 11) is 0. The molecule has 10 heteroatoms. The Kier molecular flexibility index (Phi) is 6.19. The molecule has 2 aromatic rings. The quantitative estimate of drug-likeness (QED) is 0.829. The number of pyridine rings is 1. The Hall–Kier alpha value is -2.91. The van der Waals surface area contributed by atoms with E-state index in [1.807, 2.05) is 0 Å². The molecule has 1 N–H and O–H groups in total. The Bertz CT molecular complexity index is 815. The summed E-state index contributed by atoms with van der Waals surface area (Å²) in [5, 5.41) is 6.68. The Labute approximate surface area is 154 Å². The monoisotopic (exact) mass is 383 g/mol. The van der Waals surface area contributed by atoms with Gasteiger partial charge in [-0.15, -0.1) is 0 Å². The molecule has 0 saturated carbocycles. The second-order valence-electron chi connectivity index (χ2n) is 5.73. The van der Waals surface area contributed by atoms with E-state index in [2.05, 4.69) is 15.4 Å². The molecule has 0 aromatic carbocycles. The number of nitrogens with zero attached hydrogens (tertiary/aromatic N) is 4. The van der Waals surface area contributed by atoms with Gasteiger partial charge in [-0.05, 0) is 32.9 Å². The highest BCUT2D eigenvalue weighted by molar-refractivity contribution is 5.97. The van der Waals surface area contributed by atoms with Crippen molar-refractivity contribution < 1.29 is 22.8 Å². The summed E-state index contributed by atoms with van der Waals surface area (Å²) >= 11 is 0. The van der Waals surface area contributed by atoms with E-state index in [0.717, 1.165) is 6.07 Å². The molecule has 2 rings (SSSR count). The van der Waals surface area contributed by atoms with Crippen LogP contribution in [0.1, 0.15) is 35.5 Å². The standard InChI is InChI=1S/C17H20F3N5O2/c1-4-21-15(26)10-24(5-2)16(27)13-9-23-25(11(13)3)14-7-6-12(8-22-14)17(18,19)20/h6-9H,4-5,10H2,1-3H3,(H,21,26). The van der Waals surface area contributed by atoms with Crippen LogP contribution in [0.25, 0.3) is 5.82 Å². The third-order valence-corrected chi connectivity index (χ3v) is 3.91. The summed E-state index contributed by atoms with van der Waals surface area (Å²) in [5.41, 5.74) is -0.198. The number of hydrogen-bond acceptors (Lipinski definition) is 4. The number of rotatable bonds is 6. The highest BCUT2D eigenvalue weighted by Crippen LogP contribution is 2.28. The summed E-state index contributed by atoms with van der Waals surface area (Å²) in [4.78, 5) is 29.6. The van der Waals surface area contributed by atoms with Gasteiger partial charge in [0.25, 0.3) is 5.91 Å². The summed E-state index contributed by atoms with van der Waals surface area (Å²) in [6, 6.07) is 2.09. The summed E-state index contributed by atoms with van der Waals surface area (Å²) < 4.78 is 39.2. The van der Waals surface area contributed by atoms with E-state index in [-0.39, 0.29) is 29.7 Å². The number of aromatic nitrogens is 3. The summed E-state index contributed by atoms with van der Waals surface area (Å²) in [6.45, 7) is 5.82. The van der Waals surface area contributed by atoms with Crippen LogP contribution in [0.15, 0.2) is 24.5 Å². The van der Waals surface area contributed by atoms with Crippen LogP contribution in [-0.2, 0) is 11.0 Å². The Morgan fingerprint density at radius 3 is 2.44 bits per heavy atom. The minimum Gasteiger partial charge on any atom is -0.355 e. The van der Waals surface area contributed by atoms with Crippen molar-refractivity contribution in [2.45, 2.75) is 26.9 Å². The van der Waals surface area contributed by atoms with Gasteiger partial charge in [-0.3, -0.25) is 9.59 Å². The van der Waals surface area contributed by atoms with Gasteiger partial charge in [0.05, 0.1) is 29.6 Å². The number of halogens is 3. The van der Waals surface area contributed by atoms with E-state index < -0.39 is 11.7 Å². The zero-order valence-corrected chi connectivity index (χ0v) is 15.2. The van der Waals surface area contributed by atoms with E-state index in [4.69, 9.17) is 0 Å². The third kappa shape index (κ3) is 4.63. The number of hydrogen-bond donors (Lipinski definition) is 1. The van der Waals surface area contributed by atoms with Gasteiger partial charge in [-0.1, -0.05) is 0 Å². The molecule has 0 unspecified atom stereocenters. The maximum atomic E-state index is 12.7. The van der Waals surface area contributed by atoms with Gasteiger partial charge in [0.15, 0.2) is 5.82 Å². The van der Waals surface area contributed by atoms with Gasteiger partial charge in [0.1, 0.15) is 0 Å². The first kappa shape index (κ1) is 20.4. The van der Waals surface area contributed by atoms with Crippen LogP contribution in [0, 0.1) is 6.92 Å². The first-order chi connectivity index (χ1) is 12.7. The van der Waals surface area contributed by atoms with Crippen molar-refractivity contribution in [3.63, 3.8) is 0 Å². The minimum absolute atomic E-state index is 0.0909. The molecular weight excluding hydrogens is 363 g/mol. The molecule has 0 aliphatic carbocycles. The summed E-state index contributed by atoms with van der Waals surface area (Å²) in [5.74, 6) is -0.507. The second kappa shape index (κ2) is 8.19. The predicted molar refractivity (Wildman–Crippen MR) is 91.4 cm³/mol. The van der Waals surface area contributed by atoms with Gasteiger partial charge >= 0.3 is 6.18 Å². The zero-order chi connectivity index (χ0) is 20.2. The molecule has 0 spiro atoms.